The largest absolute Gasteiger partial charge is 0.350 e. The van der Waals surface area contributed by atoms with Gasteiger partial charge < -0.3 is 15.5 Å². The number of carbonyl (C=O) groups excluding carboxylic acids is 2. The quantitative estimate of drug-likeness (QED) is 0.841. The first kappa shape index (κ1) is 20.2. The van der Waals surface area contributed by atoms with E-state index in [9.17, 15) is 9.59 Å². The molecular weight excluding hydrogens is 328 g/mol. The molecule has 1 heterocycles. The molecule has 0 unspecified atom stereocenters. The fourth-order valence-corrected chi connectivity index (χ4v) is 3.08. The van der Waals surface area contributed by atoms with E-state index in [0.29, 0.717) is 26.2 Å². The van der Waals surface area contributed by atoms with Crippen molar-refractivity contribution in [2.75, 3.05) is 39.3 Å². The molecule has 3 amide bonds. The van der Waals surface area contributed by atoms with Gasteiger partial charge in [0.1, 0.15) is 0 Å². The van der Waals surface area contributed by atoms with Gasteiger partial charge in [-0.1, -0.05) is 24.3 Å². The molecule has 0 saturated carbocycles. The third-order valence-electron chi connectivity index (χ3n) is 4.47. The van der Waals surface area contributed by atoms with Crippen LogP contribution in [0.15, 0.2) is 24.3 Å². The van der Waals surface area contributed by atoms with E-state index in [1.165, 1.54) is 11.1 Å². The highest BCUT2D eigenvalue weighted by atomic mass is 16.2. The second kappa shape index (κ2) is 9.03. The molecular formula is C20H32N4O2. The second-order valence-electron chi connectivity index (χ2n) is 7.97. The topological polar surface area (TPSA) is 64.7 Å². The number of nitrogens with zero attached hydrogens (tertiary/aromatic N) is 2. The minimum absolute atomic E-state index is 0.0163. The molecule has 0 aromatic heterocycles. The molecule has 0 radical (unpaired) electrons. The van der Waals surface area contributed by atoms with E-state index in [-0.39, 0.29) is 17.5 Å². The Balaban J connectivity index is 1.68. The van der Waals surface area contributed by atoms with Crippen LogP contribution in [-0.2, 0) is 11.2 Å². The van der Waals surface area contributed by atoms with Crippen LogP contribution in [0, 0.1) is 6.92 Å². The van der Waals surface area contributed by atoms with Crippen molar-refractivity contribution in [1.82, 2.24) is 20.4 Å². The van der Waals surface area contributed by atoms with Crippen molar-refractivity contribution in [2.45, 2.75) is 39.7 Å². The van der Waals surface area contributed by atoms with Crippen LogP contribution >= 0.6 is 0 Å². The fraction of sp³-hybridized carbons (Fsp3) is 0.600. The lowest BCUT2D eigenvalue weighted by Crippen LogP contribution is -2.54. The van der Waals surface area contributed by atoms with Gasteiger partial charge >= 0.3 is 6.03 Å². The monoisotopic (exact) mass is 360 g/mol. The molecule has 1 aliphatic heterocycles. The standard InChI is InChI=1S/C20H32N4O2/c1-16-7-5-6-8-17(16)9-10-21-19(26)24-13-11-23(12-14-24)15-18(25)22-20(2,3)4/h5-8H,9-15H2,1-4H3,(H,21,26)(H,22,25). The first-order valence-corrected chi connectivity index (χ1v) is 9.35. The van der Waals surface area contributed by atoms with E-state index in [0.717, 1.165) is 19.5 Å². The third-order valence-corrected chi connectivity index (χ3v) is 4.47. The Bertz CT molecular complexity index is 616. The van der Waals surface area contributed by atoms with Crippen LogP contribution in [0.4, 0.5) is 4.79 Å². The lowest BCUT2D eigenvalue weighted by Gasteiger charge is -2.34. The zero-order valence-electron chi connectivity index (χ0n) is 16.5. The number of piperazine rings is 1. The minimum Gasteiger partial charge on any atom is -0.350 e. The number of benzene rings is 1. The van der Waals surface area contributed by atoms with E-state index in [1.54, 1.807) is 0 Å². The van der Waals surface area contributed by atoms with Gasteiger partial charge in [-0.25, -0.2) is 4.79 Å². The van der Waals surface area contributed by atoms with Crippen molar-refractivity contribution in [3.8, 4) is 0 Å². The highest BCUT2D eigenvalue weighted by Gasteiger charge is 2.23. The van der Waals surface area contributed by atoms with Crippen LogP contribution in [-0.4, -0.2) is 66.5 Å². The Kier molecular flexibility index (Phi) is 7.03. The molecule has 6 heteroatoms. The molecule has 1 fully saturated rings. The summed E-state index contributed by atoms with van der Waals surface area (Å²) in [6.07, 6.45) is 0.839. The number of aryl methyl sites for hydroxylation is 1. The molecule has 0 spiro atoms. The van der Waals surface area contributed by atoms with Crippen LogP contribution < -0.4 is 10.6 Å². The summed E-state index contributed by atoms with van der Waals surface area (Å²) in [6, 6.07) is 8.23. The van der Waals surface area contributed by atoms with E-state index in [1.807, 2.05) is 37.8 Å². The van der Waals surface area contributed by atoms with Gasteiger partial charge in [-0.3, -0.25) is 9.69 Å². The van der Waals surface area contributed by atoms with Crippen LogP contribution in [0.25, 0.3) is 0 Å². The Morgan fingerprint density at radius 2 is 1.73 bits per heavy atom. The normalized spacial score (nSPS) is 15.6. The number of nitrogens with one attached hydrogen (secondary N) is 2. The number of hydrogen-bond donors (Lipinski definition) is 2. The van der Waals surface area contributed by atoms with Crippen LogP contribution in [0.5, 0.6) is 0 Å². The van der Waals surface area contributed by atoms with Crippen molar-refractivity contribution >= 4 is 11.9 Å². The van der Waals surface area contributed by atoms with Gasteiger partial charge in [0.15, 0.2) is 0 Å². The summed E-state index contributed by atoms with van der Waals surface area (Å²) in [4.78, 5) is 28.2. The van der Waals surface area contributed by atoms with Crippen molar-refractivity contribution < 1.29 is 9.59 Å². The average molecular weight is 361 g/mol. The molecule has 2 rings (SSSR count). The summed E-state index contributed by atoms with van der Waals surface area (Å²) < 4.78 is 0. The van der Waals surface area contributed by atoms with Gasteiger partial charge in [0.2, 0.25) is 5.91 Å². The Morgan fingerprint density at radius 1 is 1.08 bits per heavy atom. The first-order chi connectivity index (χ1) is 12.2. The molecule has 6 nitrogen and oxygen atoms in total. The average Bonchev–Trinajstić information content (AvgIpc) is 2.55. The van der Waals surface area contributed by atoms with Crippen LogP contribution in [0.3, 0.4) is 0 Å². The highest BCUT2D eigenvalue weighted by molar-refractivity contribution is 5.79. The molecule has 1 aliphatic rings. The van der Waals surface area contributed by atoms with E-state index >= 15 is 0 Å². The van der Waals surface area contributed by atoms with Crippen molar-refractivity contribution in [1.29, 1.82) is 0 Å². The molecule has 1 aromatic carbocycles. The Labute approximate surface area is 156 Å². The smallest absolute Gasteiger partial charge is 0.317 e. The maximum atomic E-state index is 12.3. The summed E-state index contributed by atoms with van der Waals surface area (Å²) in [6.45, 7) is 11.8. The summed E-state index contributed by atoms with van der Waals surface area (Å²) >= 11 is 0. The number of urea groups is 1. The molecule has 26 heavy (non-hydrogen) atoms. The van der Waals surface area contributed by atoms with E-state index in [2.05, 4.69) is 34.6 Å². The zero-order valence-corrected chi connectivity index (χ0v) is 16.5. The van der Waals surface area contributed by atoms with Gasteiger partial charge in [-0.05, 0) is 45.2 Å². The summed E-state index contributed by atoms with van der Waals surface area (Å²) in [5.74, 6) is 0.0358. The lowest BCUT2D eigenvalue weighted by molar-refractivity contribution is -0.123. The number of hydrogen-bond acceptors (Lipinski definition) is 3. The van der Waals surface area contributed by atoms with Crippen molar-refractivity contribution in [3.05, 3.63) is 35.4 Å². The van der Waals surface area contributed by atoms with Gasteiger partial charge in [0, 0.05) is 38.3 Å². The highest BCUT2D eigenvalue weighted by Crippen LogP contribution is 2.07. The minimum atomic E-state index is -0.212. The van der Waals surface area contributed by atoms with Gasteiger partial charge in [-0.15, -0.1) is 0 Å². The maximum Gasteiger partial charge on any atom is 0.317 e. The Morgan fingerprint density at radius 3 is 2.35 bits per heavy atom. The van der Waals surface area contributed by atoms with E-state index in [4.69, 9.17) is 0 Å². The zero-order chi connectivity index (χ0) is 19.2. The van der Waals surface area contributed by atoms with Gasteiger partial charge in [0.25, 0.3) is 0 Å². The van der Waals surface area contributed by atoms with Gasteiger partial charge in [-0.2, -0.15) is 0 Å². The number of carbonyl (C=O) groups is 2. The van der Waals surface area contributed by atoms with Crippen molar-refractivity contribution in [2.24, 2.45) is 0 Å². The fourth-order valence-electron chi connectivity index (χ4n) is 3.08. The maximum absolute atomic E-state index is 12.3. The van der Waals surface area contributed by atoms with Crippen molar-refractivity contribution in [3.63, 3.8) is 0 Å². The number of rotatable bonds is 5. The molecule has 0 aliphatic carbocycles. The Hall–Kier alpha value is -2.08. The molecule has 0 atom stereocenters. The summed E-state index contributed by atoms with van der Waals surface area (Å²) in [5.41, 5.74) is 2.31. The van der Waals surface area contributed by atoms with Gasteiger partial charge in [0.05, 0.1) is 6.54 Å². The van der Waals surface area contributed by atoms with Crippen LogP contribution in [0.2, 0.25) is 0 Å². The number of amides is 3. The molecule has 2 N–H and O–H groups in total. The second-order valence-corrected chi connectivity index (χ2v) is 7.97. The molecule has 0 bridgehead atoms. The first-order valence-electron chi connectivity index (χ1n) is 9.35. The molecule has 1 aromatic rings. The third kappa shape index (κ3) is 6.67. The molecule has 144 valence electrons. The summed E-state index contributed by atoms with van der Waals surface area (Å²) in [7, 11) is 0. The predicted molar refractivity (Wildman–Crippen MR) is 104 cm³/mol. The molecule has 1 saturated heterocycles. The predicted octanol–water partition coefficient (Wildman–Crippen LogP) is 1.78. The lowest BCUT2D eigenvalue weighted by atomic mass is 10.1. The summed E-state index contributed by atoms with van der Waals surface area (Å²) in [5, 5.41) is 5.98. The van der Waals surface area contributed by atoms with E-state index < -0.39 is 0 Å². The van der Waals surface area contributed by atoms with Crippen LogP contribution in [0.1, 0.15) is 31.9 Å². The SMILES string of the molecule is Cc1ccccc1CCNC(=O)N1CCN(CC(=O)NC(C)(C)C)CC1.